The van der Waals surface area contributed by atoms with Gasteiger partial charge in [-0.3, -0.25) is 4.79 Å². The third-order valence-electron chi connectivity index (χ3n) is 6.77. The van der Waals surface area contributed by atoms with Crippen molar-refractivity contribution in [3.05, 3.63) is 23.8 Å². The minimum absolute atomic E-state index is 0.198. The van der Waals surface area contributed by atoms with Crippen LogP contribution in [0.15, 0.2) is 23.8 Å². The Labute approximate surface area is 157 Å². The Balaban J connectivity index is 1.45. The average Bonchev–Trinajstić information content (AvgIpc) is 3.30. The molecule has 0 bridgehead atoms. The van der Waals surface area contributed by atoms with Crippen molar-refractivity contribution in [1.82, 2.24) is 0 Å². The van der Waals surface area contributed by atoms with Gasteiger partial charge in [-0.15, -0.1) is 0 Å². The van der Waals surface area contributed by atoms with Gasteiger partial charge in [0.2, 0.25) is 0 Å². The number of aliphatic hydroxyl groups excluding tert-OH is 2. The number of carboxylic acids is 1. The summed E-state index contributed by atoms with van der Waals surface area (Å²) >= 11 is 0. The Kier molecular flexibility index (Phi) is 6.93. The quantitative estimate of drug-likeness (QED) is 0.427. The molecule has 0 saturated heterocycles. The second-order valence-electron chi connectivity index (χ2n) is 8.61. The molecular weight excluding hydrogens is 328 g/mol. The van der Waals surface area contributed by atoms with Gasteiger partial charge in [0.1, 0.15) is 0 Å². The van der Waals surface area contributed by atoms with E-state index in [1.165, 1.54) is 18.4 Å². The third kappa shape index (κ3) is 4.98. The Morgan fingerprint density at radius 1 is 1.27 bits per heavy atom. The monoisotopic (exact) mass is 362 g/mol. The number of allylic oxidation sites excluding steroid dienone is 2. The predicted molar refractivity (Wildman–Crippen MR) is 102 cm³/mol. The summed E-state index contributed by atoms with van der Waals surface area (Å²) in [5.41, 5.74) is 1.45. The van der Waals surface area contributed by atoms with Crippen LogP contribution in [0.5, 0.6) is 0 Å². The summed E-state index contributed by atoms with van der Waals surface area (Å²) in [6.45, 7) is 0. The van der Waals surface area contributed by atoms with Crippen LogP contribution in [0, 0.1) is 23.7 Å². The fraction of sp³-hybridized carbons (Fsp3) is 0.773. The molecule has 0 aromatic carbocycles. The van der Waals surface area contributed by atoms with Gasteiger partial charge in [0, 0.05) is 12.3 Å². The first-order valence-corrected chi connectivity index (χ1v) is 10.5. The Morgan fingerprint density at radius 3 is 2.77 bits per heavy atom. The van der Waals surface area contributed by atoms with Crippen molar-refractivity contribution in [2.75, 3.05) is 0 Å². The van der Waals surface area contributed by atoms with E-state index < -0.39 is 5.97 Å². The summed E-state index contributed by atoms with van der Waals surface area (Å²) in [5, 5.41) is 29.5. The smallest absolute Gasteiger partial charge is 0.303 e. The van der Waals surface area contributed by atoms with Crippen LogP contribution in [0.3, 0.4) is 0 Å². The molecule has 26 heavy (non-hydrogen) atoms. The zero-order valence-corrected chi connectivity index (χ0v) is 15.7. The van der Waals surface area contributed by atoms with E-state index in [0.29, 0.717) is 24.2 Å². The Hall–Kier alpha value is -1.13. The number of hydrogen-bond acceptors (Lipinski definition) is 3. The summed E-state index contributed by atoms with van der Waals surface area (Å²) in [4.78, 5) is 10.6. The average molecular weight is 363 g/mol. The molecule has 2 fully saturated rings. The van der Waals surface area contributed by atoms with E-state index in [-0.39, 0.29) is 24.5 Å². The van der Waals surface area contributed by atoms with E-state index in [0.717, 1.165) is 44.9 Å². The van der Waals surface area contributed by atoms with Gasteiger partial charge in [0.15, 0.2) is 0 Å². The van der Waals surface area contributed by atoms with Crippen LogP contribution in [0.4, 0.5) is 0 Å². The number of fused-ring (bicyclic) bond motifs is 1. The molecular formula is C22H34O4. The number of carbonyl (C=O) groups is 1. The molecule has 3 N–H and O–H groups in total. The van der Waals surface area contributed by atoms with Crippen LogP contribution < -0.4 is 0 Å². The normalized spacial score (nSPS) is 32.9. The highest BCUT2D eigenvalue weighted by molar-refractivity contribution is 5.66. The van der Waals surface area contributed by atoms with Gasteiger partial charge in [0.25, 0.3) is 0 Å². The fourth-order valence-electron chi connectivity index (χ4n) is 5.33. The largest absolute Gasteiger partial charge is 0.481 e. The van der Waals surface area contributed by atoms with Crippen molar-refractivity contribution in [3.8, 4) is 0 Å². The van der Waals surface area contributed by atoms with E-state index >= 15 is 0 Å². The van der Waals surface area contributed by atoms with Gasteiger partial charge in [-0.1, -0.05) is 36.6 Å². The molecule has 4 nitrogen and oxygen atoms in total. The molecule has 3 aliphatic carbocycles. The zero-order chi connectivity index (χ0) is 18.5. The second kappa shape index (κ2) is 9.18. The number of aliphatic hydroxyl groups is 2. The van der Waals surface area contributed by atoms with Crippen LogP contribution in [0.2, 0.25) is 0 Å². The van der Waals surface area contributed by atoms with Crippen molar-refractivity contribution in [1.29, 1.82) is 0 Å². The van der Waals surface area contributed by atoms with E-state index in [4.69, 9.17) is 5.11 Å². The molecule has 0 spiro atoms. The van der Waals surface area contributed by atoms with Crippen LogP contribution in [-0.4, -0.2) is 33.5 Å². The van der Waals surface area contributed by atoms with Crippen molar-refractivity contribution >= 4 is 5.97 Å². The molecule has 3 aliphatic rings. The zero-order valence-electron chi connectivity index (χ0n) is 15.7. The van der Waals surface area contributed by atoms with Crippen molar-refractivity contribution < 1.29 is 20.1 Å². The molecule has 1 unspecified atom stereocenters. The number of carboxylic acid groups (broad SMARTS) is 1. The van der Waals surface area contributed by atoms with Crippen molar-refractivity contribution in [3.63, 3.8) is 0 Å². The van der Waals surface area contributed by atoms with Gasteiger partial charge in [-0.05, 0) is 69.1 Å². The summed E-state index contributed by atoms with van der Waals surface area (Å²) in [6, 6.07) is 0. The fourth-order valence-corrected chi connectivity index (χ4v) is 5.33. The maximum atomic E-state index is 10.6. The number of rotatable bonds is 9. The van der Waals surface area contributed by atoms with Crippen LogP contribution in [0.1, 0.15) is 70.6 Å². The third-order valence-corrected chi connectivity index (χ3v) is 6.77. The number of hydrogen-bond donors (Lipinski definition) is 3. The predicted octanol–water partition coefficient (Wildman–Crippen LogP) is 4.07. The minimum atomic E-state index is -0.713. The van der Waals surface area contributed by atoms with E-state index in [1.807, 2.05) is 0 Å². The Bertz CT molecular complexity index is 532. The van der Waals surface area contributed by atoms with Gasteiger partial charge < -0.3 is 15.3 Å². The first-order chi connectivity index (χ1) is 12.5. The first-order valence-electron chi connectivity index (χ1n) is 10.5. The van der Waals surface area contributed by atoms with Gasteiger partial charge in [-0.2, -0.15) is 0 Å². The minimum Gasteiger partial charge on any atom is -0.481 e. The lowest BCUT2D eigenvalue weighted by molar-refractivity contribution is -0.137. The Morgan fingerprint density at radius 2 is 2.04 bits per heavy atom. The summed E-state index contributed by atoms with van der Waals surface area (Å²) in [7, 11) is 0. The van der Waals surface area contributed by atoms with E-state index in [1.54, 1.807) is 0 Å². The lowest BCUT2D eigenvalue weighted by Crippen LogP contribution is -2.18. The molecule has 0 amide bonds. The molecule has 0 aromatic rings. The number of aliphatic carboxylic acids is 1. The molecule has 3 rings (SSSR count). The highest BCUT2D eigenvalue weighted by Crippen LogP contribution is 2.48. The maximum absolute atomic E-state index is 10.6. The topological polar surface area (TPSA) is 77.8 Å². The molecule has 5 atom stereocenters. The lowest BCUT2D eigenvalue weighted by Gasteiger charge is -2.19. The van der Waals surface area contributed by atoms with Gasteiger partial charge >= 0.3 is 5.97 Å². The molecule has 146 valence electrons. The summed E-state index contributed by atoms with van der Waals surface area (Å²) in [5.74, 6) is 0.901. The highest BCUT2D eigenvalue weighted by Gasteiger charge is 2.43. The standard InChI is InChI=1S/C22H34O4/c23-20(16-7-2-3-8-16)10-5-9-18-19-13-15(6-1-4-11-22(25)26)12-17(19)14-21(18)24/h5,9,12,16-21,23-24H,1-4,6-8,10-11,13-14H2,(H,25,26)/b9-5+/t17-,18-,19-,20?,21+/m0/s1. The first kappa shape index (κ1) is 19.6. The summed E-state index contributed by atoms with van der Waals surface area (Å²) < 4.78 is 0. The molecule has 0 heterocycles. The molecule has 2 saturated carbocycles. The van der Waals surface area contributed by atoms with Gasteiger partial charge in [0.05, 0.1) is 12.2 Å². The van der Waals surface area contributed by atoms with E-state index in [2.05, 4.69) is 18.2 Å². The number of unbranched alkanes of at least 4 members (excludes halogenated alkanes) is 1. The summed E-state index contributed by atoms with van der Waals surface area (Å²) in [6.07, 6.45) is 16.4. The van der Waals surface area contributed by atoms with E-state index in [9.17, 15) is 15.0 Å². The van der Waals surface area contributed by atoms with Crippen LogP contribution in [0.25, 0.3) is 0 Å². The van der Waals surface area contributed by atoms with Crippen LogP contribution in [-0.2, 0) is 4.79 Å². The van der Waals surface area contributed by atoms with Crippen molar-refractivity contribution in [2.24, 2.45) is 23.7 Å². The van der Waals surface area contributed by atoms with Crippen LogP contribution >= 0.6 is 0 Å². The molecule has 0 aliphatic heterocycles. The maximum Gasteiger partial charge on any atom is 0.303 e. The molecule has 4 heteroatoms. The highest BCUT2D eigenvalue weighted by atomic mass is 16.4. The van der Waals surface area contributed by atoms with Crippen molar-refractivity contribution in [2.45, 2.75) is 82.8 Å². The lowest BCUT2D eigenvalue weighted by atomic mass is 9.88. The molecule has 0 aromatic heterocycles. The van der Waals surface area contributed by atoms with Gasteiger partial charge in [-0.25, -0.2) is 0 Å². The second-order valence-corrected chi connectivity index (χ2v) is 8.61. The molecule has 0 radical (unpaired) electrons. The SMILES string of the molecule is O=C(O)CCCCC1=C[C@H]2C[C@@H](O)[C@@H](/C=C/CC(O)C3CCCC3)[C@H]2C1.